The zero-order valence-corrected chi connectivity index (χ0v) is 10.0. The maximum Gasteiger partial charge on any atom is 0.244 e. The van der Waals surface area contributed by atoms with Crippen LogP contribution in [0, 0.1) is 5.92 Å². The van der Waals surface area contributed by atoms with Crippen LogP contribution in [0.5, 0.6) is 0 Å². The summed E-state index contributed by atoms with van der Waals surface area (Å²) in [5.41, 5.74) is -0.121. The Morgan fingerprint density at radius 3 is 2.60 bits per heavy atom. The van der Waals surface area contributed by atoms with Crippen molar-refractivity contribution >= 4 is 5.91 Å². The molecule has 1 saturated heterocycles. The maximum atomic E-state index is 12.1. The highest BCUT2D eigenvalue weighted by Crippen LogP contribution is 2.41. The first-order chi connectivity index (χ1) is 7.09. The lowest BCUT2D eigenvalue weighted by molar-refractivity contribution is -0.131. The summed E-state index contributed by atoms with van der Waals surface area (Å²) in [4.78, 5) is 14.1. The number of amides is 1. The van der Waals surface area contributed by atoms with Gasteiger partial charge in [-0.1, -0.05) is 20.3 Å². The van der Waals surface area contributed by atoms with Crippen molar-refractivity contribution in [1.82, 2.24) is 10.2 Å². The van der Waals surface area contributed by atoms with Crippen LogP contribution in [-0.4, -0.2) is 29.1 Å². The zero-order chi connectivity index (χ0) is 11.1. The van der Waals surface area contributed by atoms with Crippen LogP contribution in [0.4, 0.5) is 0 Å². The maximum absolute atomic E-state index is 12.1. The lowest BCUT2D eigenvalue weighted by Crippen LogP contribution is -2.38. The molecule has 3 nitrogen and oxygen atoms in total. The quantitative estimate of drug-likeness (QED) is 0.766. The van der Waals surface area contributed by atoms with Crippen LogP contribution in [-0.2, 0) is 4.79 Å². The Hall–Kier alpha value is -0.570. The van der Waals surface area contributed by atoms with Crippen LogP contribution >= 0.6 is 0 Å². The Morgan fingerprint density at radius 2 is 2.13 bits per heavy atom. The lowest BCUT2D eigenvalue weighted by Gasteiger charge is -2.26. The number of rotatable bonds is 4. The third-order valence-electron chi connectivity index (χ3n) is 3.98. The van der Waals surface area contributed by atoms with Crippen molar-refractivity contribution in [1.29, 1.82) is 0 Å². The predicted octanol–water partition coefficient (Wildman–Crippen LogP) is 1.73. The molecule has 86 valence electrons. The molecule has 15 heavy (non-hydrogen) atoms. The molecule has 2 rings (SSSR count). The largest absolute Gasteiger partial charge is 0.326 e. The summed E-state index contributed by atoms with van der Waals surface area (Å²) in [7, 11) is 0. The minimum atomic E-state index is -0.121. The molecule has 1 aliphatic carbocycles. The van der Waals surface area contributed by atoms with E-state index in [0.29, 0.717) is 17.9 Å². The Labute approximate surface area is 92.2 Å². The fourth-order valence-electron chi connectivity index (χ4n) is 2.41. The molecule has 0 aromatic heterocycles. The number of nitrogens with zero attached hydrogens (tertiary/aromatic N) is 1. The van der Waals surface area contributed by atoms with Crippen molar-refractivity contribution in [2.75, 3.05) is 6.67 Å². The fourth-order valence-corrected chi connectivity index (χ4v) is 2.41. The van der Waals surface area contributed by atoms with Gasteiger partial charge in [-0.3, -0.25) is 10.1 Å². The summed E-state index contributed by atoms with van der Waals surface area (Å²) in [6.07, 6.45) is 4.40. The first-order valence-electron chi connectivity index (χ1n) is 6.15. The molecular formula is C12H22N2O. The van der Waals surface area contributed by atoms with Crippen LogP contribution in [0.25, 0.3) is 0 Å². The zero-order valence-electron chi connectivity index (χ0n) is 10.0. The van der Waals surface area contributed by atoms with Gasteiger partial charge >= 0.3 is 0 Å². The van der Waals surface area contributed by atoms with Gasteiger partial charge in [-0.2, -0.15) is 0 Å². The van der Waals surface area contributed by atoms with Crippen LogP contribution in [0.15, 0.2) is 0 Å². The van der Waals surface area contributed by atoms with E-state index >= 15 is 0 Å². The Balaban J connectivity index is 1.91. The molecule has 2 unspecified atom stereocenters. The van der Waals surface area contributed by atoms with Crippen molar-refractivity contribution in [2.24, 2.45) is 5.92 Å². The number of hydrogen-bond acceptors (Lipinski definition) is 2. The van der Waals surface area contributed by atoms with Crippen molar-refractivity contribution in [3.63, 3.8) is 0 Å². The summed E-state index contributed by atoms with van der Waals surface area (Å²) in [5, 5.41) is 3.36. The molecule has 2 fully saturated rings. The van der Waals surface area contributed by atoms with Gasteiger partial charge in [0, 0.05) is 6.04 Å². The van der Waals surface area contributed by atoms with Crippen LogP contribution < -0.4 is 5.32 Å². The second-order valence-electron chi connectivity index (χ2n) is 5.29. The van der Waals surface area contributed by atoms with Gasteiger partial charge in [0.2, 0.25) is 5.91 Å². The smallest absolute Gasteiger partial charge is 0.244 e. The van der Waals surface area contributed by atoms with Crippen molar-refractivity contribution in [2.45, 2.75) is 58.0 Å². The van der Waals surface area contributed by atoms with Crippen molar-refractivity contribution in [3.05, 3.63) is 0 Å². The second-order valence-corrected chi connectivity index (χ2v) is 5.29. The fraction of sp³-hybridized carbons (Fsp3) is 0.917. The van der Waals surface area contributed by atoms with Crippen LogP contribution in [0.2, 0.25) is 0 Å². The van der Waals surface area contributed by atoms with E-state index in [9.17, 15) is 4.79 Å². The predicted molar refractivity (Wildman–Crippen MR) is 60.3 cm³/mol. The molecule has 0 aromatic carbocycles. The third kappa shape index (κ3) is 1.89. The molecule has 1 heterocycles. The summed E-state index contributed by atoms with van der Waals surface area (Å²) < 4.78 is 0. The second kappa shape index (κ2) is 3.78. The van der Waals surface area contributed by atoms with Gasteiger partial charge in [-0.15, -0.1) is 0 Å². The highest BCUT2D eigenvalue weighted by molar-refractivity contribution is 5.91. The monoisotopic (exact) mass is 210 g/mol. The lowest BCUT2D eigenvalue weighted by atomic mass is 9.99. The van der Waals surface area contributed by atoms with E-state index in [1.54, 1.807) is 0 Å². The summed E-state index contributed by atoms with van der Waals surface area (Å²) >= 11 is 0. The first-order valence-corrected chi connectivity index (χ1v) is 6.15. The average molecular weight is 210 g/mol. The molecule has 1 aliphatic heterocycles. The average Bonchev–Trinajstić information content (AvgIpc) is 2.91. The molecule has 0 aromatic rings. The van der Waals surface area contributed by atoms with E-state index in [1.807, 2.05) is 4.90 Å². The Kier molecular flexibility index (Phi) is 2.75. The topological polar surface area (TPSA) is 32.3 Å². The number of hydrogen-bond donors (Lipinski definition) is 1. The highest BCUT2D eigenvalue weighted by Gasteiger charge is 2.56. The standard InChI is InChI=1S/C12H22N2O/c1-4-9(2)7-10(3)14-8-13-12(5-6-12)11(14)15/h9-10,13H,4-8H2,1-3H3. The summed E-state index contributed by atoms with van der Waals surface area (Å²) in [5.74, 6) is 1.06. The highest BCUT2D eigenvalue weighted by atomic mass is 16.2. The van der Waals surface area contributed by atoms with E-state index in [2.05, 4.69) is 26.1 Å². The first kappa shape index (κ1) is 10.9. The number of carbonyl (C=O) groups is 1. The Morgan fingerprint density at radius 1 is 1.47 bits per heavy atom. The van der Waals surface area contributed by atoms with Gasteiger partial charge in [-0.25, -0.2) is 0 Å². The normalized spacial score (nSPS) is 27.1. The Bertz CT molecular complexity index is 260. The molecule has 0 radical (unpaired) electrons. The summed E-state index contributed by atoms with van der Waals surface area (Å²) in [6, 6.07) is 0.389. The van der Waals surface area contributed by atoms with E-state index in [-0.39, 0.29) is 5.54 Å². The third-order valence-corrected chi connectivity index (χ3v) is 3.98. The molecule has 1 N–H and O–H groups in total. The van der Waals surface area contributed by atoms with Gasteiger partial charge in [0.15, 0.2) is 0 Å². The minimum Gasteiger partial charge on any atom is -0.326 e. The molecule has 3 heteroatoms. The van der Waals surface area contributed by atoms with Gasteiger partial charge < -0.3 is 4.90 Å². The van der Waals surface area contributed by atoms with E-state index in [1.165, 1.54) is 6.42 Å². The van der Waals surface area contributed by atoms with E-state index < -0.39 is 0 Å². The van der Waals surface area contributed by atoms with E-state index in [4.69, 9.17) is 0 Å². The molecular weight excluding hydrogens is 188 g/mol. The van der Waals surface area contributed by atoms with Gasteiger partial charge in [0.1, 0.15) is 0 Å². The number of nitrogens with one attached hydrogen (secondary N) is 1. The van der Waals surface area contributed by atoms with Crippen LogP contribution in [0.3, 0.4) is 0 Å². The molecule has 1 saturated carbocycles. The van der Waals surface area contributed by atoms with Crippen LogP contribution in [0.1, 0.15) is 46.5 Å². The molecule has 1 amide bonds. The molecule has 1 spiro atoms. The van der Waals surface area contributed by atoms with Crippen molar-refractivity contribution in [3.8, 4) is 0 Å². The molecule has 0 bridgehead atoms. The molecule has 2 aliphatic rings. The summed E-state index contributed by atoms with van der Waals surface area (Å²) in [6.45, 7) is 7.41. The SMILES string of the molecule is CCC(C)CC(C)N1CNC2(CC2)C1=O. The van der Waals surface area contributed by atoms with Crippen molar-refractivity contribution < 1.29 is 4.79 Å². The number of carbonyl (C=O) groups excluding carboxylic acids is 1. The van der Waals surface area contributed by atoms with Gasteiger partial charge in [0.25, 0.3) is 0 Å². The molecule has 2 atom stereocenters. The van der Waals surface area contributed by atoms with Gasteiger partial charge in [0.05, 0.1) is 12.2 Å². The van der Waals surface area contributed by atoms with Gasteiger partial charge in [-0.05, 0) is 32.1 Å². The van der Waals surface area contributed by atoms with E-state index in [0.717, 1.165) is 25.9 Å². The minimum absolute atomic E-state index is 0.121.